The maximum absolute atomic E-state index is 12.7. The average Bonchev–Trinajstić information content (AvgIpc) is 3.29. The Labute approximate surface area is 224 Å². The zero-order chi connectivity index (χ0) is 26.8. The standard InChI is InChI=1S/C30H44N2O4Si/c1-23-20-31(28(33)35-29(2,3)4)18-19-32(23)26-21-34-22-27(26)36-37(30(5,6)7,24-14-10-8-11-15-24)25-16-12-9-13-17-25/h8-17,23,26-27H,18-22H2,1-7H3/t23-,26-,27+/m0/s1. The summed E-state index contributed by atoms with van der Waals surface area (Å²) >= 11 is 0. The normalized spacial score (nSPS) is 23.8. The maximum atomic E-state index is 12.7. The quantitative estimate of drug-likeness (QED) is 0.547. The van der Waals surface area contributed by atoms with Gasteiger partial charge >= 0.3 is 6.09 Å². The summed E-state index contributed by atoms with van der Waals surface area (Å²) in [5.41, 5.74) is -0.495. The van der Waals surface area contributed by atoms with Crippen molar-refractivity contribution >= 4 is 24.8 Å². The molecule has 4 rings (SSSR count). The Morgan fingerprint density at radius 3 is 1.95 bits per heavy atom. The third-order valence-corrected chi connectivity index (χ3v) is 12.6. The van der Waals surface area contributed by atoms with Crippen molar-refractivity contribution in [3.05, 3.63) is 60.7 Å². The van der Waals surface area contributed by atoms with Crippen LogP contribution in [0.5, 0.6) is 0 Å². The first-order chi connectivity index (χ1) is 17.4. The van der Waals surface area contributed by atoms with E-state index < -0.39 is 13.9 Å². The van der Waals surface area contributed by atoms with Crippen molar-refractivity contribution in [3.63, 3.8) is 0 Å². The van der Waals surface area contributed by atoms with Crippen LogP contribution in [-0.2, 0) is 13.9 Å². The van der Waals surface area contributed by atoms with Gasteiger partial charge in [-0.1, -0.05) is 81.4 Å². The predicted octanol–water partition coefficient (Wildman–Crippen LogP) is 4.27. The highest BCUT2D eigenvalue weighted by Crippen LogP contribution is 2.39. The lowest BCUT2D eigenvalue weighted by molar-refractivity contribution is -0.0121. The van der Waals surface area contributed by atoms with Crippen molar-refractivity contribution in [2.75, 3.05) is 32.8 Å². The molecule has 1 amide bonds. The average molecular weight is 525 g/mol. The van der Waals surface area contributed by atoms with Gasteiger partial charge in [-0.25, -0.2) is 4.79 Å². The first-order valence-corrected chi connectivity index (χ1v) is 15.4. The third kappa shape index (κ3) is 5.95. The number of ether oxygens (including phenoxy) is 2. The van der Waals surface area contributed by atoms with Gasteiger partial charge in [-0.2, -0.15) is 0 Å². The second-order valence-electron chi connectivity index (χ2n) is 12.4. The molecule has 0 saturated carbocycles. The number of hydrogen-bond acceptors (Lipinski definition) is 5. The Balaban J connectivity index is 1.61. The topological polar surface area (TPSA) is 51.2 Å². The van der Waals surface area contributed by atoms with E-state index in [1.54, 1.807) is 0 Å². The molecule has 2 aliphatic rings. The molecule has 202 valence electrons. The fraction of sp³-hybridized carbons (Fsp3) is 0.567. The summed E-state index contributed by atoms with van der Waals surface area (Å²) in [7, 11) is -2.69. The van der Waals surface area contributed by atoms with Gasteiger partial charge in [-0.15, -0.1) is 0 Å². The number of hydrogen-bond donors (Lipinski definition) is 0. The zero-order valence-corrected chi connectivity index (χ0v) is 24.6. The monoisotopic (exact) mass is 524 g/mol. The highest BCUT2D eigenvalue weighted by Gasteiger charge is 2.53. The molecule has 2 aromatic rings. The molecule has 7 heteroatoms. The molecule has 0 unspecified atom stereocenters. The van der Waals surface area contributed by atoms with E-state index in [1.165, 1.54) is 10.4 Å². The van der Waals surface area contributed by atoms with Crippen LogP contribution in [0.1, 0.15) is 48.5 Å². The molecule has 6 nitrogen and oxygen atoms in total. The van der Waals surface area contributed by atoms with Crippen LogP contribution in [0.2, 0.25) is 5.04 Å². The molecule has 2 aliphatic heterocycles. The number of piperazine rings is 1. The second kappa shape index (κ2) is 10.9. The molecular formula is C30H44N2O4Si. The smallest absolute Gasteiger partial charge is 0.410 e. The Bertz CT molecular complexity index is 996. The van der Waals surface area contributed by atoms with Gasteiger partial charge in [-0.3, -0.25) is 4.90 Å². The van der Waals surface area contributed by atoms with Gasteiger partial charge in [0.05, 0.1) is 25.4 Å². The Morgan fingerprint density at radius 2 is 1.46 bits per heavy atom. The first-order valence-electron chi connectivity index (χ1n) is 13.5. The van der Waals surface area contributed by atoms with Crippen LogP contribution < -0.4 is 10.4 Å². The lowest BCUT2D eigenvalue weighted by atomic mass is 10.1. The number of rotatable bonds is 5. The SMILES string of the molecule is C[C@H]1CN(C(=O)OC(C)(C)C)CCN1[C@H]1COC[C@H]1O[Si](c1ccccc1)(c1ccccc1)C(C)(C)C. The molecule has 0 radical (unpaired) electrons. The molecule has 0 N–H and O–H groups in total. The first kappa shape index (κ1) is 27.8. The Hall–Kier alpha value is -2.19. The van der Waals surface area contributed by atoms with E-state index in [0.717, 1.165) is 6.54 Å². The van der Waals surface area contributed by atoms with E-state index in [0.29, 0.717) is 26.3 Å². The van der Waals surface area contributed by atoms with Gasteiger partial charge in [-0.05, 0) is 43.1 Å². The van der Waals surface area contributed by atoms with Crippen LogP contribution >= 0.6 is 0 Å². The van der Waals surface area contributed by atoms with Crippen LogP contribution in [-0.4, -0.2) is 80.8 Å². The summed E-state index contributed by atoms with van der Waals surface area (Å²) in [6.45, 7) is 18.1. The van der Waals surface area contributed by atoms with Gasteiger partial charge in [0.1, 0.15) is 5.60 Å². The van der Waals surface area contributed by atoms with Crippen LogP contribution in [0.25, 0.3) is 0 Å². The maximum Gasteiger partial charge on any atom is 0.410 e. The second-order valence-corrected chi connectivity index (χ2v) is 16.7. The van der Waals surface area contributed by atoms with Gasteiger partial charge in [0, 0.05) is 25.7 Å². The van der Waals surface area contributed by atoms with Crippen molar-refractivity contribution < 1.29 is 18.7 Å². The van der Waals surface area contributed by atoms with Gasteiger partial charge in [0.2, 0.25) is 0 Å². The molecule has 2 aromatic carbocycles. The number of amides is 1. The minimum atomic E-state index is -2.69. The van der Waals surface area contributed by atoms with E-state index in [9.17, 15) is 4.79 Å². The van der Waals surface area contributed by atoms with Crippen LogP contribution in [0.15, 0.2) is 60.7 Å². The molecule has 3 atom stereocenters. The van der Waals surface area contributed by atoms with E-state index in [-0.39, 0.29) is 29.3 Å². The predicted molar refractivity (Wildman–Crippen MR) is 151 cm³/mol. The molecule has 2 heterocycles. The van der Waals surface area contributed by atoms with E-state index >= 15 is 0 Å². The molecule has 0 spiro atoms. The lowest BCUT2D eigenvalue weighted by Crippen LogP contribution is -2.69. The minimum Gasteiger partial charge on any atom is -0.444 e. The fourth-order valence-corrected chi connectivity index (χ4v) is 10.5. The fourth-order valence-electron chi connectivity index (χ4n) is 5.82. The summed E-state index contributed by atoms with van der Waals surface area (Å²) < 4.78 is 19.2. The van der Waals surface area contributed by atoms with E-state index in [1.807, 2.05) is 25.7 Å². The van der Waals surface area contributed by atoms with Crippen molar-refractivity contribution in [2.24, 2.45) is 0 Å². The summed E-state index contributed by atoms with van der Waals surface area (Å²) in [6.07, 6.45) is -0.288. The van der Waals surface area contributed by atoms with Crippen molar-refractivity contribution in [3.8, 4) is 0 Å². The Morgan fingerprint density at radius 1 is 0.892 bits per heavy atom. The largest absolute Gasteiger partial charge is 0.444 e. The summed E-state index contributed by atoms with van der Waals surface area (Å²) in [4.78, 5) is 17.0. The van der Waals surface area contributed by atoms with Crippen LogP contribution in [0.4, 0.5) is 4.79 Å². The highest BCUT2D eigenvalue weighted by atomic mass is 28.4. The number of carbonyl (C=O) groups excluding carboxylic acids is 1. The molecule has 2 saturated heterocycles. The van der Waals surface area contributed by atoms with E-state index in [4.69, 9.17) is 13.9 Å². The molecule has 0 aromatic heterocycles. The third-order valence-electron chi connectivity index (χ3n) is 7.50. The van der Waals surface area contributed by atoms with Crippen LogP contribution in [0, 0.1) is 0 Å². The Kier molecular flexibility index (Phi) is 8.19. The van der Waals surface area contributed by atoms with E-state index in [2.05, 4.69) is 93.3 Å². The van der Waals surface area contributed by atoms with Gasteiger partial charge in [0.25, 0.3) is 8.32 Å². The summed E-state index contributed by atoms with van der Waals surface area (Å²) in [5.74, 6) is 0. The zero-order valence-electron chi connectivity index (χ0n) is 23.6. The number of carbonyl (C=O) groups is 1. The van der Waals surface area contributed by atoms with Gasteiger partial charge < -0.3 is 18.8 Å². The molecule has 37 heavy (non-hydrogen) atoms. The minimum absolute atomic E-state index is 0.0539. The molecular weight excluding hydrogens is 480 g/mol. The highest BCUT2D eigenvalue weighted by molar-refractivity contribution is 6.99. The molecule has 2 fully saturated rings. The van der Waals surface area contributed by atoms with Crippen molar-refractivity contribution in [1.29, 1.82) is 0 Å². The molecule has 0 aliphatic carbocycles. The number of nitrogens with zero attached hydrogens (tertiary/aromatic N) is 2. The van der Waals surface area contributed by atoms with Gasteiger partial charge in [0.15, 0.2) is 0 Å². The summed E-state index contributed by atoms with van der Waals surface area (Å²) in [6, 6.07) is 21.9. The molecule has 0 bridgehead atoms. The lowest BCUT2D eigenvalue weighted by Gasteiger charge is -2.48. The summed E-state index contributed by atoms with van der Waals surface area (Å²) in [5, 5.41) is 2.47. The van der Waals surface area contributed by atoms with Crippen molar-refractivity contribution in [2.45, 2.75) is 77.3 Å². The van der Waals surface area contributed by atoms with Crippen LogP contribution in [0.3, 0.4) is 0 Å². The number of benzene rings is 2. The van der Waals surface area contributed by atoms with Crippen molar-refractivity contribution in [1.82, 2.24) is 9.80 Å².